The SMILES string of the molecule is CCC(NS(=O)(=O)C1CCC1)c1cn(CC(C)(C)C)c2cc(-c3ccccc3C(F)(F)F)ccc12. The van der Waals surface area contributed by atoms with Gasteiger partial charge in [-0.25, -0.2) is 13.1 Å². The minimum Gasteiger partial charge on any atom is -0.347 e. The summed E-state index contributed by atoms with van der Waals surface area (Å²) in [5.74, 6) is 0. The van der Waals surface area contributed by atoms with Crippen LogP contribution in [0.1, 0.15) is 70.5 Å². The smallest absolute Gasteiger partial charge is 0.347 e. The van der Waals surface area contributed by atoms with Gasteiger partial charge in [0.25, 0.3) is 0 Å². The molecular weight excluding hydrogens is 473 g/mol. The molecule has 0 aliphatic heterocycles. The zero-order chi connectivity index (χ0) is 25.6. The Morgan fingerprint density at radius 2 is 1.77 bits per heavy atom. The lowest BCUT2D eigenvalue weighted by Gasteiger charge is -2.28. The number of sulfonamides is 1. The van der Waals surface area contributed by atoms with Crippen LogP contribution < -0.4 is 4.72 Å². The largest absolute Gasteiger partial charge is 0.417 e. The van der Waals surface area contributed by atoms with Crippen molar-refractivity contribution >= 4 is 20.9 Å². The summed E-state index contributed by atoms with van der Waals surface area (Å²) in [5, 5.41) is 0.510. The Hall–Kier alpha value is -2.32. The molecule has 1 unspecified atom stereocenters. The van der Waals surface area contributed by atoms with E-state index in [4.69, 9.17) is 0 Å². The second-order valence-corrected chi connectivity index (χ2v) is 12.7. The van der Waals surface area contributed by atoms with E-state index in [1.165, 1.54) is 12.1 Å². The Balaban J connectivity index is 1.84. The van der Waals surface area contributed by atoms with Crippen molar-refractivity contribution in [2.45, 2.75) is 77.4 Å². The highest BCUT2D eigenvalue weighted by Crippen LogP contribution is 2.39. The molecule has 8 heteroatoms. The molecule has 1 heterocycles. The Morgan fingerprint density at radius 3 is 2.34 bits per heavy atom. The zero-order valence-corrected chi connectivity index (χ0v) is 21.4. The van der Waals surface area contributed by atoms with Crippen LogP contribution in [0.25, 0.3) is 22.0 Å². The van der Waals surface area contributed by atoms with Gasteiger partial charge in [0, 0.05) is 29.7 Å². The first-order chi connectivity index (χ1) is 16.3. The lowest BCUT2D eigenvalue weighted by Crippen LogP contribution is -2.40. The summed E-state index contributed by atoms with van der Waals surface area (Å²) in [4.78, 5) is 0. The van der Waals surface area contributed by atoms with Crippen LogP contribution in [0, 0.1) is 5.41 Å². The molecule has 0 saturated heterocycles. The Labute approximate surface area is 205 Å². The molecule has 1 saturated carbocycles. The quantitative estimate of drug-likeness (QED) is 0.366. The Bertz CT molecular complexity index is 1320. The monoisotopic (exact) mass is 506 g/mol. The van der Waals surface area contributed by atoms with E-state index in [0.29, 0.717) is 31.4 Å². The number of hydrogen-bond donors (Lipinski definition) is 1. The van der Waals surface area contributed by atoms with Gasteiger partial charge in [-0.2, -0.15) is 13.2 Å². The second kappa shape index (κ2) is 9.28. The van der Waals surface area contributed by atoms with Crippen molar-refractivity contribution < 1.29 is 21.6 Å². The summed E-state index contributed by atoms with van der Waals surface area (Å²) >= 11 is 0. The van der Waals surface area contributed by atoms with Gasteiger partial charge in [-0.05, 0) is 53.5 Å². The molecular formula is C27H33F3N2O2S. The van der Waals surface area contributed by atoms with Gasteiger partial charge in [0.05, 0.1) is 10.8 Å². The van der Waals surface area contributed by atoms with Crippen LogP contribution in [0.4, 0.5) is 13.2 Å². The van der Waals surface area contributed by atoms with Crippen LogP contribution >= 0.6 is 0 Å². The molecule has 0 amide bonds. The van der Waals surface area contributed by atoms with Gasteiger partial charge in [-0.1, -0.05) is 64.4 Å². The van der Waals surface area contributed by atoms with E-state index in [2.05, 4.69) is 25.5 Å². The maximum Gasteiger partial charge on any atom is 0.417 e. The summed E-state index contributed by atoms with van der Waals surface area (Å²) in [6, 6.07) is 10.5. The molecule has 1 aliphatic rings. The predicted molar refractivity (Wildman–Crippen MR) is 135 cm³/mol. The summed E-state index contributed by atoms with van der Waals surface area (Å²) < 4.78 is 71.8. The fraction of sp³-hybridized carbons (Fsp3) is 0.481. The number of nitrogens with one attached hydrogen (secondary N) is 1. The fourth-order valence-electron chi connectivity index (χ4n) is 4.73. The molecule has 1 fully saturated rings. The van der Waals surface area contributed by atoms with Gasteiger partial charge in [0.2, 0.25) is 10.0 Å². The number of benzene rings is 2. The van der Waals surface area contributed by atoms with Crippen LogP contribution in [-0.4, -0.2) is 18.2 Å². The van der Waals surface area contributed by atoms with Crippen molar-refractivity contribution in [1.29, 1.82) is 0 Å². The van der Waals surface area contributed by atoms with E-state index in [0.717, 1.165) is 29.0 Å². The van der Waals surface area contributed by atoms with Crippen molar-refractivity contribution in [3.8, 4) is 11.1 Å². The highest BCUT2D eigenvalue weighted by Gasteiger charge is 2.35. The Morgan fingerprint density at radius 1 is 1.09 bits per heavy atom. The Kier molecular flexibility index (Phi) is 6.83. The van der Waals surface area contributed by atoms with Crippen LogP contribution in [0.3, 0.4) is 0 Å². The van der Waals surface area contributed by atoms with E-state index in [1.807, 2.05) is 23.8 Å². The molecule has 0 radical (unpaired) electrons. The van der Waals surface area contributed by atoms with Crippen molar-refractivity contribution in [1.82, 2.24) is 9.29 Å². The first-order valence-electron chi connectivity index (χ1n) is 12.1. The second-order valence-electron chi connectivity index (χ2n) is 10.7. The van der Waals surface area contributed by atoms with Crippen molar-refractivity contribution in [2.24, 2.45) is 5.41 Å². The highest BCUT2D eigenvalue weighted by molar-refractivity contribution is 7.90. The number of fused-ring (bicyclic) bond motifs is 1. The number of hydrogen-bond acceptors (Lipinski definition) is 2. The van der Waals surface area contributed by atoms with Crippen molar-refractivity contribution in [2.75, 3.05) is 0 Å². The summed E-state index contributed by atoms with van der Waals surface area (Å²) in [5.41, 5.74) is 1.50. The predicted octanol–water partition coefficient (Wildman–Crippen LogP) is 7.30. The topological polar surface area (TPSA) is 51.1 Å². The lowest BCUT2D eigenvalue weighted by atomic mass is 9.96. The van der Waals surface area contributed by atoms with Crippen molar-refractivity contribution in [3.05, 3.63) is 59.8 Å². The van der Waals surface area contributed by atoms with Gasteiger partial charge in [-0.3, -0.25) is 0 Å². The molecule has 190 valence electrons. The lowest BCUT2D eigenvalue weighted by molar-refractivity contribution is -0.137. The van der Waals surface area contributed by atoms with Crippen LogP contribution in [-0.2, 0) is 22.7 Å². The zero-order valence-electron chi connectivity index (χ0n) is 20.6. The van der Waals surface area contributed by atoms with Crippen LogP contribution in [0.15, 0.2) is 48.7 Å². The van der Waals surface area contributed by atoms with Crippen LogP contribution in [0.2, 0.25) is 0 Å². The van der Waals surface area contributed by atoms with Crippen LogP contribution in [0.5, 0.6) is 0 Å². The molecule has 35 heavy (non-hydrogen) atoms. The molecule has 4 nitrogen and oxygen atoms in total. The molecule has 1 atom stereocenters. The molecule has 1 aliphatic carbocycles. The fourth-order valence-corrected chi connectivity index (χ4v) is 6.57. The first kappa shape index (κ1) is 25.8. The third kappa shape index (κ3) is 5.43. The average Bonchev–Trinajstić information content (AvgIpc) is 3.05. The highest BCUT2D eigenvalue weighted by atomic mass is 32.2. The normalized spacial score (nSPS) is 16.4. The molecule has 0 spiro atoms. The minimum atomic E-state index is -4.46. The number of alkyl halides is 3. The van der Waals surface area contributed by atoms with Gasteiger partial charge >= 0.3 is 6.18 Å². The molecule has 4 rings (SSSR count). The molecule has 0 bridgehead atoms. The molecule has 1 aromatic heterocycles. The van der Waals surface area contributed by atoms with Gasteiger partial charge in [0.1, 0.15) is 0 Å². The molecule has 1 N–H and O–H groups in total. The number of halogens is 3. The number of nitrogens with zero attached hydrogens (tertiary/aromatic N) is 1. The maximum atomic E-state index is 13.7. The summed E-state index contributed by atoms with van der Waals surface area (Å²) in [6.45, 7) is 8.86. The van der Waals surface area contributed by atoms with Crippen molar-refractivity contribution in [3.63, 3.8) is 0 Å². The van der Waals surface area contributed by atoms with E-state index >= 15 is 0 Å². The standard InChI is InChI=1S/C27H33F3N2O2S/c1-5-24(31-35(33,34)19-9-8-10-19)22-16-32(17-26(2,3)4)25-15-18(13-14-21(22)25)20-11-6-7-12-23(20)27(28,29)30/h6-7,11-16,19,24,31H,5,8-10,17H2,1-4H3. The third-order valence-electron chi connectivity index (χ3n) is 6.68. The van der Waals surface area contributed by atoms with E-state index < -0.39 is 27.8 Å². The van der Waals surface area contributed by atoms with E-state index in [1.54, 1.807) is 18.2 Å². The first-order valence-corrected chi connectivity index (χ1v) is 13.7. The number of aromatic nitrogens is 1. The maximum absolute atomic E-state index is 13.7. The molecule has 2 aromatic carbocycles. The van der Waals surface area contributed by atoms with Gasteiger partial charge in [0.15, 0.2) is 0 Å². The average molecular weight is 507 g/mol. The van der Waals surface area contributed by atoms with E-state index in [9.17, 15) is 21.6 Å². The van der Waals surface area contributed by atoms with E-state index in [-0.39, 0.29) is 16.2 Å². The van der Waals surface area contributed by atoms with Gasteiger partial charge < -0.3 is 4.57 Å². The van der Waals surface area contributed by atoms with Gasteiger partial charge in [-0.15, -0.1) is 0 Å². The number of rotatable bonds is 7. The third-order valence-corrected chi connectivity index (χ3v) is 8.64. The molecule has 3 aromatic rings. The minimum absolute atomic E-state index is 0.0871. The summed E-state index contributed by atoms with van der Waals surface area (Å²) in [6.07, 6.45) is 0.359. The summed E-state index contributed by atoms with van der Waals surface area (Å²) in [7, 11) is -3.43.